The second-order valence-corrected chi connectivity index (χ2v) is 5.89. The molecule has 2 heterocycles. The number of aliphatic carboxylic acids is 1. The number of rotatable bonds is 2. The average molecular weight is 319 g/mol. The number of hydrogen-bond acceptors (Lipinski definition) is 3. The lowest BCUT2D eigenvalue weighted by atomic mass is 9.97. The number of carbonyl (C=O) groups excluding carboxylic acids is 1. The van der Waals surface area contributed by atoms with Gasteiger partial charge in [-0.05, 0) is 31.0 Å². The van der Waals surface area contributed by atoms with Crippen molar-refractivity contribution in [3.63, 3.8) is 0 Å². The molecule has 0 unspecified atom stereocenters. The van der Waals surface area contributed by atoms with Crippen LogP contribution >= 0.6 is 11.6 Å². The van der Waals surface area contributed by atoms with Gasteiger partial charge in [0.15, 0.2) is 0 Å². The second kappa shape index (κ2) is 5.93. The molecule has 1 amide bonds. The summed E-state index contributed by atoms with van der Waals surface area (Å²) in [5.41, 5.74) is 1.02. The van der Waals surface area contributed by atoms with Gasteiger partial charge in [-0.3, -0.25) is 14.6 Å². The van der Waals surface area contributed by atoms with Crippen LogP contribution in [0.1, 0.15) is 23.2 Å². The Morgan fingerprint density at radius 2 is 2.18 bits per heavy atom. The van der Waals surface area contributed by atoms with E-state index in [1.165, 1.54) is 0 Å². The van der Waals surface area contributed by atoms with Gasteiger partial charge in [-0.2, -0.15) is 0 Å². The third-order valence-electron chi connectivity index (χ3n) is 3.96. The van der Waals surface area contributed by atoms with Crippen molar-refractivity contribution in [1.29, 1.82) is 0 Å². The Morgan fingerprint density at radius 3 is 2.95 bits per heavy atom. The zero-order chi connectivity index (χ0) is 15.7. The first-order chi connectivity index (χ1) is 10.6. The van der Waals surface area contributed by atoms with E-state index in [4.69, 9.17) is 16.7 Å². The fourth-order valence-electron chi connectivity index (χ4n) is 2.85. The molecule has 2 aromatic rings. The maximum atomic E-state index is 12.8. The van der Waals surface area contributed by atoms with Crippen LogP contribution in [-0.2, 0) is 4.79 Å². The van der Waals surface area contributed by atoms with Crippen molar-refractivity contribution in [2.75, 3.05) is 13.1 Å². The van der Waals surface area contributed by atoms with E-state index in [1.807, 2.05) is 6.07 Å². The number of piperidine rings is 1. The van der Waals surface area contributed by atoms with Gasteiger partial charge in [0.25, 0.3) is 5.91 Å². The average Bonchev–Trinajstić information content (AvgIpc) is 2.53. The first-order valence-electron chi connectivity index (χ1n) is 7.12. The molecule has 0 bridgehead atoms. The van der Waals surface area contributed by atoms with Crippen LogP contribution in [-0.4, -0.2) is 40.0 Å². The van der Waals surface area contributed by atoms with Gasteiger partial charge in [0.1, 0.15) is 0 Å². The number of nitrogens with zero attached hydrogens (tertiary/aromatic N) is 2. The Kier molecular flexibility index (Phi) is 3.98. The van der Waals surface area contributed by atoms with E-state index < -0.39 is 11.9 Å². The summed E-state index contributed by atoms with van der Waals surface area (Å²) in [5, 5.41) is 10.4. The summed E-state index contributed by atoms with van der Waals surface area (Å²) in [7, 11) is 0. The van der Waals surface area contributed by atoms with Crippen molar-refractivity contribution >= 4 is 34.4 Å². The summed E-state index contributed by atoms with van der Waals surface area (Å²) in [6.45, 7) is 0.790. The molecule has 0 radical (unpaired) electrons. The first-order valence-corrected chi connectivity index (χ1v) is 7.50. The van der Waals surface area contributed by atoms with Crippen molar-refractivity contribution < 1.29 is 14.7 Å². The molecule has 0 aliphatic carbocycles. The Bertz CT molecular complexity index is 747. The monoisotopic (exact) mass is 318 g/mol. The molecule has 1 saturated heterocycles. The smallest absolute Gasteiger partial charge is 0.308 e. The van der Waals surface area contributed by atoms with Crippen LogP contribution in [0.2, 0.25) is 5.02 Å². The molecule has 114 valence electrons. The number of pyridine rings is 1. The summed E-state index contributed by atoms with van der Waals surface area (Å²) in [6.07, 6.45) is 2.92. The normalized spacial score (nSPS) is 18.4. The van der Waals surface area contributed by atoms with Gasteiger partial charge in [0, 0.05) is 29.7 Å². The van der Waals surface area contributed by atoms with Gasteiger partial charge >= 0.3 is 5.97 Å². The van der Waals surface area contributed by atoms with Crippen LogP contribution in [0.5, 0.6) is 0 Å². The minimum absolute atomic E-state index is 0.211. The molecule has 1 aliphatic rings. The van der Waals surface area contributed by atoms with E-state index in [9.17, 15) is 9.59 Å². The highest BCUT2D eigenvalue weighted by atomic mass is 35.5. The number of fused-ring (bicyclic) bond motifs is 1. The Labute approximate surface area is 132 Å². The Hall–Kier alpha value is -2.14. The van der Waals surface area contributed by atoms with E-state index in [2.05, 4.69) is 4.98 Å². The van der Waals surface area contributed by atoms with Gasteiger partial charge in [-0.25, -0.2) is 0 Å². The number of hydrogen-bond donors (Lipinski definition) is 1. The summed E-state index contributed by atoms with van der Waals surface area (Å²) in [5.74, 6) is -1.57. The zero-order valence-electron chi connectivity index (χ0n) is 11.8. The number of amides is 1. The molecule has 3 rings (SSSR count). The summed E-state index contributed by atoms with van der Waals surface area (Å²) in [6, 6.07) is 7.00. The number of carboxylic acid groups (broad SMARTS) is 1. The lowest BCUT2D eigenvalue weighted by molar-refractivity contribution is -0.143. The van der Waals surface area contributed by atoms with Crippen molar-refractivity contribution in [3.8, 4) is 0 Å². The summed E-state index contributed by atoms with van der Waals surface area (Å²) < 4.78 is 0. The molecule has 1 N–H and O–H groups in total. The largest absolute Gasteiger partial charge is 0.481 e. The SMILES string of the molecule is O=C(O)[C@@H]1CCCN(C(=O)c2cc(Cl)cc3cccnc23)C1. The van der Waals surface area contributed by atoms with Gasteiger partial charge in [-0.15, -0.1) is 0 Å². The first kappa shape index (κ1) is 14.8. The molecule has 1 aromatic carbocycles. The van der Waals surface area contributed by atoms with Crippen LogP contribution in [0, 0.1) is 5.92 Å². The third-order valence-corrected chi connectivity index (χ3v) is 4.18. The standard InChI is InChI=1S/C16H15ClN2O3/c17-12-7-10-3-1-5-18-14(10)13(8-12)15(20)19-6-2-4-11(9-19)16(21)22/h1,3,5,7-8,11H,2,4,6,9H2,(H,21,22)/t11-/m1/s1. The quantitative estimate of drug-likeness (QED) is 0.924. The number of carbonyl (C=O) groups is 2. The molecule has 1 atom stereocenters. The lowest BCUT2D eigenvalue weighted by Gasteiger charge is -2.31. The van der Waals surface area contributed by atoms with E-state index >= 15 is 0 Å². The van der Waals surface area contributed by atoms with E-state index in [0.29, 0.717) is 35.5 Å². The highest BCUT2D eigenvalue weighted by molar-refractivity contribution is 6.32. The van der Waals surface area contributed by atoms with Crippen LogP contribution in [0.4, 0.5) is 0 Å². The minimum atomic E-state index is -0.855. The Morgan fingerprint density at radius 1 is 1.36 bits per heavy atom. The zero-order valence-corrected chi connectivity index (χ0v) is 12.6. The molecule has 6 heteroatoms. The lowest BCUT2D eigenvalue weighted by Crippen LogP contribution is -2.42. The molecule has 1 fully saturated rings. The molecule has 1 aromatic heterocycles. The van der Waals surface area contributed by atoms with Gasteiger partial charge in [0.2, 0.25) is 0 Å². The van der Waals surface area contributed by atoms with Gasteiger partial charge in [-0.1, -0.05) is 17.7 Å². The fourth-order valence-corrected chi connectivity index (χ4v) is 3.08. The van der Waals surface area contributed by atoms with E-state index in [-0.39, 0.29) is 12.5 Å². The molecular formula is C16H15ClN2O3. The molecule has 1 aliphatic heterocycles. The van der Waals surface area contributed by atoms with Crippen LogP contribution in [0.3, 0.4) is 0 Å². The number of halogens is 1. The van der Waals surface area contributed by atoms with Crippen LogP contribution in [0.25, 0.3) is 10.9 Å². The predicted octanol–water partition coefficient (Wildman–Crippen LogP) is 2.83. The maximum Gasteiger partial charge on any atom is 0.308 e. The number of benzene rings is 1. The van der Waals surface area contributed by atoms with E-state index in [0.717, 1.165) is 5.39 Å². The third kappa shape index (κ3) is 2.76. The summed E-state index contributed by atoms with van der Waals surface area (Å²) >= 11 is 6.09. The van der Waals surface area contributed by atoms with Crippen molar-refractivity contribution in [2.24, 2.45) is 5.92 Å². The molecule has 5 nitrogen and oxygen atoms in total. The highest BCUT2D eigenvalue weighted by Crippen LogP contribution is 2.25. The molecule has 0 saturated carbocycles. The number of carboxylic acids is 1. The topological polar surface area (TPSA) is 70.5 Å². The number of aromatic nitrogens is 1. The van der Waals surface area contributed by atoms with Crippen molar-refractivity contribution in [3.05, 3.63) is 41.0 Å². The van der Waals surface area contributed by atoms with Crippen molar-refractivity contribution in [2.45, 2.75) is 12.8 Å². The molecule has 0 spiro atoms. The van der Waals surface area contributed by atoms with Gasteiger partial charge in [0.05, 0.1) is 17.0 Å². The summed E-state index contributed by atoms with van der Waals surface area (Å²) in [4.78, 5) is 29.8. The van der Waals surface area contributed by atoms with E-state index in [1.54, 1.807) is 29.3 Å². The molecular weight excluding hydrogens is 304 g/mol. The van der Waals surface area contributed by atoms with Gasteiger partial charge < -0.3 is 10.0 Å². The van der Waals surface area contributed by atoms with Crippen molar-refractivity contribution in [1.82, 2.24) is 9.88 Å². The van der Waals surface area contributed by atoms with Crippen LogP contribution in [0.15, 0.2) is 30.5 Å². The second-order valence-electron chi connectivity index (χ2n) is 5.46. The Balaban J connectivity index is 1.97. The predicted molar refractivity (Wildman–Crippen MR) is 83.0 cm³/mol. The van der Waals surface area contributed by atoms with Crippen LogP contribution < -0.4 is 0 Å². The highest BCUT2D eigenvalue weighted by Gasteiger charge is 2.29. The fraction of sp³-hybridized carbons (Fsp3) is 0.312. The minimum Gasteiger partial charge on any atom is -0.481 e. The molecule has 22 heavy (non-hydrogen) atoms. The maximum absolute atomic E-state index is 12.8. The number of likely N-dealkylation sites (tertiary alicyclic amines) is 1.